The second kappa shape index (κ2) is 8.32. The monoisotopic (exact) mass is 426 g/mol. The molecule has 2 aromatic rings. The van der Waals surface area contributed by atoms with Crippen molar-refractivity contribution in [2.24, 2.45) is 5.92 Å². The quantitative estimate of drug-likeness (QED) is 0.666. The molecule has 2 aliphatic heterocycles. The summed E-state index contributed by atoms with van der Waals surface area (Å²) in [5.41, 5.74) is 2.88. The Bertz CT molecular complexity index is 1060. The van der Waals surface area contributed by atoms with Crippen LogP contribution in [0.2, 0.25) is 0 Å². The second-order valence-electron chi connectivity index (χ2n) is 8.16. The lowest BCUT2D eigenvalue weighted by atomic mass is 9.91. The lowest BCUT2D eigenvalue weighted by Crippen LogP contribution is -2.43. The van der Waals surface area contributed by atoms with Crippen LogP contribution in [0.25, 0.3) is 0 Å². The minimum absolute atomic E-state index is 0.113. The zero-order valence-corrected chi connectivity index (χ0v) is 17.9. The minimum atomic E-state index is -3.52. The maximum atomic E-state index is 12.8. The van der Waals surface area contributed by atoms with E-state index in [1.54, 1.807) is 18.2 Å². The van der Waals surface area contributed by atoms with Gasteiger partial charge in [-0.3, -0.25) is 14.5 Å². The molecule has 0 unspecified atom stereocenters. The minimum Gasteiger partial charge on any atom is -0.273 e. The van der Waals surface area contributed by atoms with Crippen LogP contribution < -0.4 is 0 Å². The van der Waals surface area contributed by atoms with Crippen molar-refractivity contribution in [2.75, 3.05) is 25.4 Å². The zero-order valence-electron chi connectivity index (χ0n) is 17.1. The molecule has 0 spiro atoms. The van der Waals surface area contributed by atoms with Crippen LogP contribution in [0.15, 0.2) is 48.5 Å². The molecule has 0 bridgehead atoms. The molecule has 4 rings (SSSR count). The van der Waals surface area contributed by atoms with Gasteiger partial charge in [-0.15, -0.1) is 0 Å². The fraction of sp³-hybridized carbons (Fsp3) is 0.391. The first-order valence-electron chi connectivity index (χ1n) is 10.3. The fourth-order valence-electron chi connectivity index (χ4n) is 4.28. The van der Waals surface area contributed by atoms with Gasteiger partial charge in [0.25, 0.3) is 11.8 Å². The number of rotatable bonds is 6. The van der Waals surface area contributed by atoms with Crippen molar-refractivity contribution < 1.29 is 18.0 Å². The normalized spacial score (nSPS) is 18.1. The van der Waals surface area contributed by atoms with E-state index < -0.39 is 21.8 Å². The van der Waals surface area contributed by atoms with Gasteiger partial charge < -0.3 is 0 Å². The van der Waals surface area contributed by atoms with Gasteiger partial charge in [-0.25, -0.2) is 12.7 Å². The molecule has 0 aromatic heterocycles. The highest BCUT2D eigenvalue weighted by molar-refractivity contribution is 7.89. The molecule has 30 heavy (non-hydrogen) atoms. The molecular weight excluding hydrogens is 400 g/mol. The molecule has 1 saturated heterocycles. The highest BCUT2D eigenvalue weighted by Crippen LogP contribution is 2.26. The van der Waals surface area contributed by atoms with Crippen molar-refractivity contribution >= 4 is 21.8 Å². The third-order valence-electron chi connectivity index (χ3n) is 6.03. The Balaban J connectivity index is 1.33. The summed E-state index contributed by atoms with van der Waals surface area (Å²) in [4.78, 5) is 26.1. The Kier molecular flexibility index (Phi) is 5.75. The molecule has 0 radical (unpaired) electrons. The lowest BCUT2D eigenvalue weighted by molar-refractivity contribution is 0.0663. The van der Waals surface area contributed by atoms with Gasteiger partial charge in [0, 0.05) is 19.6 Å². The first-order valence-corrected chi connectivity index (χ1v) is 11.9. The second-order valence-corrected chi connectivity index (χ2v) is 10.2. The van der Waals surface area contributed by atoms with E-state index in [1.165, 1.54) is 9.87 Å². The molecule has 158 valence electrons. The van der Waals surface area contributed by atoms with Crippen LogP contribution in [0.5, 0.6) is 0 Å². The van der Waals surface area contributed by atoms with E-state index >= 15 is 0 Å². The number of hydrogen-bond donors (Lipinski definition) is 0. The van der Waals surface area contributed by atoms with E-state index in [0.717, 1.165) is 29.7 Å². The molecule has 0 saturated carbocycles. The number of nitrogens with zero attached hydrogens (tertiary/aromatic N) is 2. The van der Waals surface area contributed by atoms with Gasteiger partial charge in [-0.1, -0.05) is 42.0 Å². The Morgan fingerprint density at radius 3 is 2.30 bits per heavy atom. The van der Waals surface area contributed by atoms with E-state index in [2.05, 4.69) is 12.1 Å². The third-order valence-corrected chi connectivity index (χ3v) is 7.88. The fourth-order valence-corrected chi connectivity index (χ4v) is 5.72. The molecule has 2 aromatic carbocycles. The first kappa shape index (κ1) is 20.8. The Morgan fingerprint density at radius 1 is 0.933 bits per heavy atom. The van der Waals surface area contributed by atoms with Crippen LogP contribution >= 0.6 is 0 Å². The molecule has 2 amide bonds. The summed E-state index contributed by atoms with van der Waals surface area (Å²) >= 11 is 0. The van der Waals surface area contributed by atoms with Crippen LogP contribution in [-0.4, -0.2) is 54.8 Å². The number of benzene rings is 2. The van der Waals surface area contributed by atoms with Gasteiger partial charge >= 0.3 is 0 Å². The van der Waals surface area contributed by atoms with E-state index in [-0.39, 0.29) is 12.3 Å². The largest absolute Gasteiger partial charge is 0.273 e. The number of aryl methyl sites for hydroxylation is 1. The molecule has 2 aliphatic rings. The maximum Gasteiger partial charge on any atom is 0.261 e. The van der Waals surface area contributed by atoms with Crippen molar-refractivity contribution in [3.05, 3.63) is 70.8 Å². The van der Waals surface area contributed by atoms with E-state index in [0.29, 0.717) is 30.1 Å². The number of imide groups is 1. The Hall–Kier alpha value is -2.51. The third kappa shape index (κ3) is 4.18. The van der Waals surface area contributed by atoms with Crippen LogP contribution in [0, 0.1) is 12.8 Å². The summed E-state index contributed by atoms with van der Waals surface area (Å²) in [6.07, 6.45) is 2.60. The summed E-state index contributed by atoms with van der Waals surface area (Å²) in [6, 6.07) is 15.3. The summed E-state index contributed by atoms with van der Waals surface area (Å²) in [5.74, 6) is -0.582. The molecule has 2 heterocycles. The molecular formula is C23H26N2O4S. The van der Waals surface area contributed by atoms with Crippen molar-refractivity contribution in [3.63, 3.8) is 0 Å². The molecule has 7 heteroatoms. The zero-order chi connectivity index (χ0) is 21.3. The maximum absolute atomic E-state index is 12.8. The topological polar surface area (TPSA) is 74.8 Å². The van der Waals surface area contributed by atoms with Gasteiger partial charge in [-0.2, -0.15) is 0 Å². The number of piperidine rings is 1. The van der Waals surface area contributed by atoms with Crippen LogP contribution in [-0.2, 0) is 16.4 Å². The van der Waals surface area contributed by atoms with Crippen LogP contribution in [0.3, 0.4) is 0 Å². The van der Waals surface area contributed by atoms with Gasteiger partial charge in [0.1, 0.15) is 0 Å². The number of hydrogen-bond acceptors (Lipinski definition) is 4. The van der Waals surface area contributed by atoms with Gasteiger partial charge in [0.2, 0.25) is 10.0 Å². The van der Waals surface area contributed by atoms with Crippen molar-refractivity contribution in [2.45, 2.75) is 26.2 Å². The molecule has 0 atom stereocenters. The van der Waals surface area contributed by atoms with Gasteiger partial charge in [0.15, 0.2) is 0 Å². The average molecular weight is 427 g/mol. The summed E-state index contributed by atoms with van der Waals surface area (Å²) in [6.45, 7) is 2.71. The number of amides is 2. The first-order chi connectivity index (χ1) is 14.3. The molecule has 0 aliphatic carbocycles. The van der Waals surface area contributed by atoms with Crippen LogP contribution in [0.4, 0.5) is 0 Å². The summed E-state index contributed by atoms with van der Waals surface area (Å²) in [5, 5.41) is 0. The van der Waals surface area contributed by atoms with Crippen LogP contribution in [0.1, 0.15) is 44.7 Å². The standard InChI is InChI=1S/C23H26N2O4S/c1-17-7-8-20-21(15-17)23(27)25(22(20)26)13-14-30(28,29)24-11-9-19(10-12-24)16-18-5-3-2-4-6-18/h2-8,15,19H,9-14,16H2,1H3. The summed E-state index contributed by atoms with van der Waals surface area (Å²) < 4.78 is 27.2. The van der Waals surface area contributed by atoms with Gasteiger partial charge in [0.05, 0.1) is 16.9 Å². The number of sulfonamides is 1. The number of carbonyl (C=O) groups excluding carboxylic acids is 2. The van der Waals surface area contributed by atoms with Crippen molar-refractivity contribution in [1.29, 1.82) is 0 Å². The SMILES string of the molecule is Cc1ccc2c(c1)C(=O)N(CCS(=O)(=O)N1CCC(Cc3ccccc3)CC1)C2=O. The summed E-state index contributed by atoms with van der Waals surface area (Å²) in [7, 11) is -3.52. The van der Waals surface area contributed by atoms with Gasteiger partial charge in [-0.05, 0) is 49.8 Å². The lowest BCUT2D eigenvalue weighted by Gasteiger charge is -2.31. The van der Waals surface area contributed by atoms with E-state index in [9.17, 15) is 18.0 Å². The van der Waals surface area contributed by atoms with E-state index in [1.807, 2.05) is 25.1 Å². The molecule has 1 fully saturated rings. The predicted octanol–water partition coefficient (Wildman–Crippen LogP) is 2.88. The molecule has 6 nitrogen and oxygen atoms in total. The highest BCUT2D eigenvalue weighted by Gasteiger charge is 2.37. The number of carbonyl (C=O) groups is 2. The van der Waals surface area contributed by atoms with Crippen molar-refractivity contribution in [3.8, 4) is 0 Å². The van der Waals surface area contributed by atoms with Crippen molar-refractivity contribution in [1.82, 2.24) is 9.21 Å². The molecule has 0 N–H and O–H groups in total. The van der Waals surface area contributed by atoms with E-state index in [4.69, 9.17) is 0 Å². The highest BCUT2D eigenvalue weighted by atomic mass is 32.2. The Labute approximate surface area is 177 Å². The smallest absolute Gasteiger partial charge is 0.261 e. The number of fused-ring (bicyclic) bond motifs is 1. The Morgan fingerprint density at radius 2 is 1.60 bits per heavy atom. The average Bonchev–Trinajstić information content (AvgIpc) is 2.97. The predicted molar refractivity (Wildman–Crippen MR) is 115 cm³/mol.